The van der Waals surface area contributed by atoms with Crippen LogP contribution in [0.4, 0.5) is 0 Å². The van der Waals surface area contributed by atoms with E-state index in [-0.39, 0.29) is 0 Å². The highest BCUT2D eigenvalue weighted by Crippen LogP contribution is 2.36. The maximum absolute atomic E-state index is 3.87. The van der Waals surface area contributed by atoms with Crippen molar-refractivity contribution < 1.29 is 0 Å². The van der Waals surface area contributed by atoms with Gasteiger partial charge in [-0.2, -0.15) is 0 Å². The fourth-order valence-electron chi connectivity index (χ4n) is 2.39. The molecule has 0 aliphatic carbocycles. The molecule has 2 unspecified atom stereocenters. The number of hydrogen-bond donors (Lipinski definition) is 0. The van der Waals surface area contributed by atoms with Crippen LogP contribution in [0.2, 0.25) is 0 Å². The standard InChI is InChI=1S/C17H21Br/c1-4-12(2)11-17(18)16-10-9-13(3)14-7-5-6-8-15(14)16/h5-10,12,17H,4,11H2,1-3H3. The van der Waals surface area contributed by atoms with Crippen LogP contribution in [0.5, 0.6) is 0 Å². The molecule has 0 aliphatic heterocycles. The zero-order chi connectivity index (χ0) is 13.1. The molecule has 0 amide bonds. The Morgan fingerprint density at radius 2 is 1.72 bits per heavy atom. The van der Waals surface area contributed by atoms with Crippen LogP contribution in [0.1, 0.15) is 42.6 Å². The van der Waals surface area contributed by atoms with Crippen molar-refractivity contribution in [3.05, 3.63) is 47.5 Å². The van der Waals surface area contributed by atoms with Crippen molar-refractivity contribution in [3.63, 3.8) is 0 Å². The van der Waals surface area contributed by atoms with Gasteiger partial charge < -0.3 is 0 Å². The monoisotopic (exact) mass is 304 g/mol. The largest absolute Gasteiger partial charge is 0.0838 e. The van der Waals surface area contributed by atoms with Crippen LogP contribution >= 0.6 is 15.9 Å². The van der Waals surface area contributed by atoms with Gasteiger partial charge >= 0.3 is 0 Å². The fraction of sp³-hybridized carbons (Fsp3) is 0.412. The molecule has 0 bridgehead atoms. The molecule has 0 saturated carbocycles. The van der Waals surface area contributed by atoms with E-state index in [4.69, 9.17) is 0 Å². The van der Waals surface area contributed by atoms with E-state index in [2.05, 4.69) is 73.1 Å². The molecule has 0 heterocycles. The number of fused-ring (bicyclic) bond motifs is 1. The third kappa shape index (κ3) is 2.77. The molecule has 0 radical (unpaired) electrons. The molecule has 2 aromatic carbocycles. The van der Waals surface area contributed by atoms with Crippen LogP contribution in [0.3, 0.4) is 0 Å². The van der Waals surface area contributed by atoms with Gasteiger partial charge in [-0.15, -0.1) is 0 Å². The second-order valence-corrected chi connectivity index (χ2v) is 6.34. The van der Waals surface area contributed by atoms with Crippen molar-refractivity contribution in [1.82, 2.24) is 0 Å². The predicted molar refractivity (Wildman–Crippen MR) is 84.4 cm³/mol. The van der Waals surface area contributed by atoms with Crippen LogP contribution in [0.15, 0.2) is 36.4 Å². The minimum absolute atomic E-state index is 0.456. The minimum Gasteiger partial charge on any atom is -0.0838 e. The maximum Gasteiger partial charge on any atom is 0.0404 e. The quantitative estimate of drug-likeness (QED) is 0.606. The minimum atomic E-state index is 0.456. The van der Waals surface area contributed by atoms with Crippen LogP contribution in [-0.4, -0.2) is 0 Å². The molecule has 1 heteroatoms. The van der Waals surface area contributed by atoms with Gasteiger partial charge in [-0.3, -0.25) is 0 Å². The van der Waals surface area contributed by atoms with Crippen LogP contribution in [0.25, 0.3) is 10.8 Å². The molecule has 2 atom stereocenters. The maximum atomic E-state index is 3.87. The summed E-state index contributed by atoms with van der Waals surface area (Å²) in [5.74, 6) is 0.759. The third-order valence-corrected chi connectivity index (χ3v) is 4.69. The molecular formula is C17H21Br. The number of hydrogen-bond acceptors (Lipinski definition) is 0. The molecule has 2 aromatic rings. The Morgan fingerprint density at radius 3 is 2.39 bits per heavy atom. The van der Waals surface area contributed by atoms with Gasteiger partial charge in [0.15, 0.2) is 0 Å². The number of benzene rings is 2. The van der Waals surface area contributed by atoms with Gasteiger partial charge in [0.2, 0.25) is 0 Å². The van der Waals surface area contributed by atoms with Crippen molar-refractivity contribution in [1.29, 1.82) is 0 Å². The van der Waals surface area contributed by atoms with Gasteiger partial charge in [0.25, 0.3) is 0 Å². The van der Waals surface area contributed by atoms with E-state index in [9.17, 15) is 0 Å². The summed E-state index contributed by atoms with van der Waals surface area (Å²) in [7, 11) is 0. The van der Waals surface area contributed by atoms with Crippen molar-refractivity contribution in [2.45, 2.75) is 38.4 Å². The SMILES string of the molecule is CCC(C)CC(Br)c1ccc(C)c2ccccc12. The highest BCUT2D eigenvalue weighted by molar-refractivity contribution is 9.09. The summed E-state index contributed by atoms with van der Waals surface area (Å²) in [5, 5.41) is 2.77. The van der Waals surface area contributed by atoms with Gasteiger partial charge in [0.05, 0.1) is 0 Å². The average molecular weight is 305 g/mol. The van der Waals surface area contributed by atoms with Crippen LogP contribution in [0, 0.1) is 12.8 Å². The van der Waals surface area contributed by atoms with Crippen molar-refractivity contribution in [2.24, 2.45) is 5.92 Å². The molecule has 96 valence electrons. The Morgan fingerprint density at radius 1 is 1.06 bits per heavy atom. The lowest BCUT2D eigenvalue weighted by Gasteiger charge is -2.17. The van der Waals surface area contributed by atoms with Gasteiger partial charge in [0, 0.05) is 4.83 Å². The number of alkyl halides is 1. The summed E-state index contributed by atoms with van der Waals surface area (Å²) in [6.45, 7) is 6.77. The predicted octanol–water partition coefficient (Wildman–Crippen LogP) is 6.02. The average Bonchev–Trinajstić information content (AvgIpc) is 2.39. The summed E-state index contributed by atoms with van der Waals surface area (Å²) in [6.07, 6.45) is 2.44. The summed E-state index contributed by atoms with van der Waals surface area (Å²) in [4.78, 5) is 0.456. The molecule has 0 aliphatic rings. The van der Waals surface area contributed by atoms with E-state index >= 15 is 0 Å². The highest BCUT2D eigenvalue weighted by atomic mass is 79.9. The van der Waals surface area contributed by atoms with E-state index in [0.717, 1.165) is 5.92 Å². The fourth-order valence-corrected chi connectivity index (χ4v) is 3.43. The Labute approximate surface area is 119 Å². The van der Waals surface area contributed by atoms with Crippen molar-refractivity contribution in [3.8, 4) is 0 Å². The first-order chi connectivity index (χ1) is 8.63. The normalized spacial score (nSPS) is 14.7. The van der Waals surface area contributed by atoms with E-state index in [1.54, 1.807) is 0 Å². The molecular weight excluding hydrogens is 284 g/mol. The first-order valence-electron chi connectivity index (χ1n) is 6.75. The van der Waals surface area contributed by atoms with E-state index in [0.29, 0.717) is 4.83 Å². The zero-order valence-corrected chi connectivity index (χ0v) is 13.0. The Balaban J connectivity index is 2.42. The van der Waals surface area contributed by atoms with E-state index in [1.165, 1.54) is 34.7 Å². The van der Waals surface area contributed by atoms with Crippen LogP contribution in [-0.2, 0) is 0 Å². The van der Waals surface area contributed by atoms with E-state index < -0.39 is 0 Å². The third-order valence-electron chi connectivity index (χ3n) is 3.82. The second kappa shape index (κ2) is 5.88. The first kappa shape index (κ1) is 13.6. The number of rotatable bonds is 4. The van der Waals surface area contributed by atoms with Crippen molar-refractivity contribution >= 4 is 26.7 Å². The van der Waals surface area contributed by atoms with Gasteiger partial charge in [-0.1, -0.05) is 72.6 Å². The molecule has 0 saturated heterocycles. The lowest BCUT2D eigenvalue weighted by molar-refractivity contribution is 0.515. The topological polar surface area (TPSA) is 0 Å². The van der Waals surface area contributed by atoms with Crippen molar-refractivity contribution in [2.75, 3.05) is 0 Å². The van der Waals surface area contributed by atoms with Crippen LogP contribution < -0.4 is 0 Å². The van der Waals surface area contributed by atoms with Gasteiger partial charge in [0.1, 0.15) is 0 Å². The molecule has 18 heavy (non-hydrogen) atoms. The number of aryl methyl sites for hydroxylation is 1. The molecule has 0 fully saturated rings. The molecule has 2 rings (SSSR count). The highest BCUT2D eigenvalue weighted by Gasteiger charge is 2.14. The summed E-state index contributed by atoms with van der Waals surface area (Å²) in [6, 6.07) is 13.2. The summed E-state index contributed by atoms with van der Waals surface area (Å²) >= 11 is 3.87. The van der Waals surface area contributed by atoms with Gasteiger partial charge in [-0.25, -0.2) is 0 Å². The smallest absolute Gasteiger partial charge is 0.0404 e. The zero-order valence-electron chi connectivity index (χ0n) is 11.4. The summed E-state index contributed by atoms with van der Waals surface area (Å²) in [5.41, 5.74) is 2.79. The number of halogens is 1. The molecule has 0 N–H and O–H groups in total. The molecule has 0 aromatic heterocycles. The molecule has 0 nitrogen and oxygen atoms in total. The second-order valence-electron chi connectivity index (χ2n) is 5.23. The Bertz CT molecular complexity index is 530. The Hall–Kier alpha value is -0.820. The van der Waals surface area contributed by atoms with Gasteiger partial charge in [-0.05, 0) is 41.2 Å². The van der Waals surface area contributed by atoms with E-state index in [1.807, 2.05) is 0 Å². The molecule has 0 spiro atoms. The lowest BCUT2D eigenvalue weighted by atomic mass is 9.94. The first-order valence-corrected chi connectivity index (χ1v) is 7.67. The summed E-state index contributed by atoms with van der Waals surface area (Å²) < 4.78 is 0. The lowest BCUT2D eigenvalue weighted by Crippen LogP contribution is -1.99. The Kier molecular flexibility index (Phi) is 4.45.